The van der Waals surface area contributed by atoms with Crippen molar-refractivity contribution < 1.29 is 4.79 Å². The maximum atomic E-state index is 12.8. The van der Waals surface area contributed by atoms with Crippen molar-refractivity contribution >= 4 is 35.1 Å². The first-order chi connectivity index (χ1) is 11.6. The van der Waals surface area contributed by atoms with E-state index in [1.54, 1.807) is 30.6 Å². The predicted molar refractivity (Wildman–Crippen MR) is 96.4 cm³/mol. The number of hydrogen-bond donors (Lipinski definition) is 1. The van der Waals surface area contributed by atoms with Gasteiger partial charge in [-0.05, 0) is 36.1 Å². The van der Waals surface area contributed by atoms with E-state index in [-0.39, 0.29) is 11.8 Å². The van der Waals surface area contributed by atoms with E-state index in [0.29, 0.717) is 21.9 Å². The number of hydrogen-bond acceptors (Lipinski definition) is 3. The number of benzene rings is 1. The second kappa shape index (κ2) is 7.95. The molecule has 1 amide bonds. The van der Waals surface area contributed by atoms with Gasteiger partial charge < -0.3 is 0 Å². The molecular weight excluding hydrogens is 345 g/mol. The van der Waals surface area contributed by atoms with Crippen LogP contribution in [0.5, 0.6) is 0 Å². The molecule has 1 aromatic heterocycles. The van der Waals surface area contributed by atoms with Crippen molar-refractivity contribution in [1.82, 2.24) is 9.97 Å². The molecule has 1 aliphatic carbocycles. The first kappa shape index (κ1) is 17.2. The second-order valence-electron chi connectivity index (χ2n) is 6.17. The van der Waals surface area contributed by atoms with Crippen LogP contribution in [-0.2, 0) is 4.79 Å². The Morgan fingerprint density at radius 2 is 1.88 bits per heavy atom. The Kier molecular flexibility index (Phi) is 5.69. The third-order valence-electron chi connectivity index (χ3n) is 4.51. The van der Waals surface area contributed by atoms with E-state index in [1.165, 1.54) is 25.7 Å². The molecule has 2 aromatic rings. The number of carbonyl (C=O) groups is 1. The predicted octanol–water partition coefficient (Wildman–Crippen LogP) is 5.09. The van der Waals surface area contributed by atoms with Crippen LogP contribution in [0.1, 0.15) is 43.6 Å². The summed E-state index contributed by atoms with van der Waals surface area (Å²) in [5.41, 5.74) is 0.879. The summed E-state index contributed by atoms with van der Waals surface area (Å²) in [7, 11) is 0. The van der Waals surface area contributed by atoms with Crippen LogP contribution in [0.15, 0.2) is 36.7 Å². The number of aromatic nitrogens is 2. The summed E-state index contributed by atoms with van der Waals surface area (Å²) in [6.45, 7) is 0. The third-order valence-corrected chi connectivity index (χ3v) is 5.25. The number of nitrogens with one attached hydrogen (secondary N) is 1. The molecule has 126 valence electrons. The Hall–Kier alpha value is -1.65. The quantitative estimate of drug-likeness (QED) is 0.804. The van der Waals surface area contributed by atoms with Crippen molar-refractivity contribution in [2.45, 2.75) is 38.0 Å². The lowest BCUT2D eigenvalue weighted by Gasteiger charge is -2.20. The Bertz CT molecular complexity index is 703. The van der Waals surface area contributed by atoms with Gasteiger partial charge in [-0.2, -0.15) is 0 Å². The van der Waals surface area contributed by atoms with Crippen LogP contribution in [0.3, 0.4) is 0 Å². The summed E-state index contributed by atoms with van der Waals surface area (Å²) in [6, 6.07) is 7.12. The molecule has 24 heavy (non-hydrogen) atoms. The maximum absolute atomic E-state index is 12.8. The second-order valence-corrected chi connectivity index (χ2v) is 6.99. The average molecular weight is 364 g/mol. The lowest BCUT2D eigenvalue weighted by molar-refractivity contribution is -0.118. The summed E-state index contributed by atoms with van der Waals surface area (Å²) in [6.07, 6.45) is 8.84. The molecule has 1 unspecified atom stereocenters. The van der Waals surface area contributed by atoms with Gasteiger partial charge in [0.1, 0.15) is 0 Å². The van der Waals surface area contributed by atoms with Gasteiger partial charge in [0.25, 0.3) is 0 Å². The lowest BCUT2D eigenvalue weighted by Crippen LogP contribution is -2.24. The Balaban J connectivity index is 1.82. The third kappa shape index (κ3) is 4.25. The fraction of sp³-hybridized carbons (Fsp3) is 0.389. The van der Waals surface area contributed by atoms with Crippen LogP contribution in [0.4, 0.5) is 5.95 Å². The molecule has 0 saturated heterocycles. The summed E-state index contributed by atoms with van der Waals surface area (Å²) in [4.78, 5) is 21.0. The number of anilines is 1. The average Bonchev–Trinajstić information content (AvgIpc) is 3.09. The van der Waals surface area contributed by atoms with Gasteiger partial charge in [-0.3, -0.25) is 10.1 Å². The Morgan fingerprint density at radius 3 is 2.54 bits per heavy atom. The largest absolute Gasteiger partial charge is 0.294 e. The van der Waals surface area contributed by atoms with E-state index in [9.17, 15) is 4.79 Å². The van der Waals surface area contributed by atoms with Gasteiger partial charge >= 0.3 is 0 Å². The van der Waals surface area contributed by atoms with Crippen LogP contribution < -0.4 is 5.32 Å². The number of halogens is 2. The topological polar surface area (TPSA) is 54.9 Å². The summed E-state index contributed by atoms with van der Waals surface area (Å²) in [5, 5.41) is 3.77. The van der Waals surface area contributed by atoms with Crippen molar-refractivity contribution in [3.05, 3.63) is 52.3 Å². The van der Waals surface area contributed by atoms with Crippen molar-refractivity contribution in [2.75, 3.05) is 5.32 Å². The van der Waals surface area contributed by atoms with E-state index in [4.69, 9.17) is 23.2 Å². The monoisotopic (exact) mass is 363 g/mol. The van der Waals surface area contributed by atoms with Crippen LogP contribution >= 0.6 is 23.2 Å². The minimum Gasteiger partial charge on any atom is -0.294 e. The van der Waals surface area contributed by atoms with Gasteiger partial charge in [0, 0.05) is 12.4 Å². The normalized spacial score (nSPS) is 16.1. The molecule has 1 fully saturated rings. The van der Waals surface area contributed by atoms with Crippen LogP contribution in [0.25, 0.3) is 0 Å². The van der Waals surface area contributed by atoms with Crippen molar-refractivity contribution in [3.8, 4) is 0 Å². The molecule has 1 atom stereocenters. The number of amides is 1. The zero-order valence-electron chi connectivity index (χ0n) is 13.2. The summed E-state index contributed by atoms with van der Waals surface area (Å²) >= 11 is 12.2. The van der Waals surface area contributed by atoms with Crippen molar-refractivity contribution in [1.29, 1.82) is 0 Å². The zero-order valence-corrected chi connectivity index (χ0v) is 14.7. The smallest absolute Gasteiger partial charge is 0.234 e. The highest BCUT2D eigenvalue weighted by molar-refractivity contribution is 6.42. The maximum Gasteiger partial charge on any atom is 0.234 e. The minimum atomic E-state index is -0.285. The van der Waals surface area contributed by atoms with Crippen LogP contribution in [-0.4, -0.2) is 15.9 Å². The van der Waals surface area contributed by atoms with Gasteiger partial charge in [-0.1, -0.05) is 55.0 Å². The van der Waals surface area contributed by atoms with E-state index < -0.39 is 0 Å². The number of rotatable bonds is 5. The Labute approximate surface area is 151 Å². The first-order valence-corrected chi connectivity index (χ1v) is 8.92. The zero-order chi connectivity index (χ0) is 16.9. The van der Waals surface area contributed by atoms with E-state index in [0.717, 1.165) is 12.0 Å². The van der Waals surface area contributed by atoms with Gasteiger partial charge in [0.15, 0.2) is 0 Å². The molecular formula is C18H19Cl2N3O. The van der Waals surface area contributed by atoms with Gasteiger partial charge in [-0.15, -0.1) is 0 Å². The molecule has 3 rings (SSSR count). The molecule has 6 heteroatoms. The summed E-state index contributed by atoms with van der Waals surface area (Å²) < 4.78 is 0. The Morgan fingerprint density at radius 1 is 1.17 bits per heavy atom. The van der Waals surface area contributed by atoms with Gasteiger partial charge in [0.05, 0.1) is 16.0 Å². The van der Waals surface area contributed by atoms with E-state index in [1.807, 2.05) is 6.07 Å². The molecule has 1 saturated carbocycles. The summed E-state index contributed by atoms with van der Waals surface area (Å²) in [5.74, 6) is 0.490. The van der Waals surface area contributed by atoms with E-state index >= 15 is 0 Å². The molecule has 0 bridgehead atoms. The molecule has 0 aliphatic heterocycles. The fourth-order valence-corrected chi connectivity index (χ4v) is 3.57. The minimum absolute atomic E-state index is 0.105. The highest BCUT2D eigenvalue weighted by atomic mass is 35.5. The highest BCUT2D eigenvalue weighted by Crippen LogP contribution is 2.36. The van der Waals surface area contributed by atoms with Crippen LogP contribution in [0, 0.1) is 5.92 Å². The SMILES string of the molecule is O=C(Nc1ncccn1)C(CC1CCCC1)c1ccc(Cl)c(Cl)c1. The molecule has 0 radical (unpaired) electrons. The molecule has 4 nitrogen and oxygen atoms in total. The van der Waals surface area contributed by atoms with E-state index in [2.05, 4.69) is 15.3 Å². The molecule has 0 spiro atoms. The number of carbonyl (C=O) groups excluding carboxylic acids is 1. The van der Waals surface area contributed by atoms with Crippen molar-refractivity contribution in [2.24, 2.45) is 5.92 Å². The molecule has 1 N–H and O–H groups in total. The number of nitrogens with zero attached hydrogens (tertiary/aromatic N) is 2. The molecule has 1 aromatic carbocycles. The van der Waals surface area contributed by atoms with Gasteiger partial charge in [0.2, 0.25) is 11.9 Å². The first-order valence-electron chi connectivity index (χ1n) is 8.16. The molecule has 1 heterocycles. The lowest BCUT2D eigenvalue weighted by atomic mass is 9.87. The highest BCUT2D eigenvalue weighted by Gasteiger charge is 2.27. The van der Waals surface area contributed by atoms with Crippen molar-refractivity contribution in [3.63, 3.8) is 0 Å². The van der Waals surface area contributed by atoms with Gasteiger partial charge in [-0.25, -0.2) is 9.97 Å². The molecule has 1 aliphatic rings. The standard InChI is InChI=1S/C18H19Cl2N3O/c19-15-7-6-13(11-16(15)20)14(10-12-4-1-2-5-12)17(24)23-18-21-8-3-9-22-18/h3,6-9,11-12,14H,1-2,4-5,10H2,(H,21,22,23,24). The van der Waals surface area contributed by atoms with Crippen LogP contribution in [0.2, 0.25) is 10.0 Å². The fourth-order valence-electron chi connectivity index (χ4n) is 3.26.